The highest BCUT2D eigenvalue weighted by Gasteiger charge is 2.16. The molecule has 1 aromatic rings. The summed E-state index contributed by atoms with van der Waals surface area (Å²) < 4.78 is 5.42. The molecule has 0 amide bonds. The zero-order chi connectivity index (χ0) is 30.3. The fraction of sp³-hybridized carbons (Fsp3) is 0.531. The summed E-state index contributed by atoms with van der Waals surface area (Å²) in [5.41, 5.74) is 8.53. The smallest absolute Gasteiger partial charge is 0.200 e. The van der Waals surface area contributed by atoms with Crippen LogP contribution < -0.4 is 16.4 Å². The molecule has 9 nitrogen and oxygen atoms in total. The molecule has 42 heavy (non-hydrogen) atoms. The number of halogens is 1. The van der Waals surface area contributed by atoms with Crippen molar-refractivity contribution >= 4 is 35.3 Å². The number of nitrogens with one attached hydrogen (secondary N) is 2. The Labute approximate surface area is 256 Å². The summed E-state index contributed by atoms with van der Waals surface area (Å²) in [6.45, 7) is 12.9. The number of hydrogen-bond donors (Lipinski definition) is 4. The quantitative estimate of drug-likeness (QED) is 0.224. The minimum absolute atomic E-state index is 0.160. The van der Waals surface area contributed by atoms with Crippen molar-refractivity contribution < 1.29 is 9.84 Å². The highest BCUT2D eigenvalue weighted by molar-refractivity contribution is 6.30. The minimum atomic E-state index is -0.583. The second kappa shape index (κ2) is 18.0. The zero-order valence-electron chi connectivity index (χ0n) is 25.5. The number of benzene rings is 1. The number of allylic oxidation sites excluding steroid dienone is 2. The Kier molecular flexibility index (Phi) is 14.4. The molecule has 0 aromatic heterocycles. The van der Waals surface area contributed by atoms with Gasteiger partial charge in [0.2, 0.25) is 5.96 Å². The van der Waals surface area contributed by atoms with E-state index in [4.69, 9.17) is 27.1 Å². The molecule has 4 unspecified atom stereocenters. The Balaban J connectivity index is 1.68. The van der Waals surface area contributed by atoms with E-state index in [0.717, 1.165) is 35.7 Å². The molecule has 230 valence electrons. The summed E-state index contributed by atoms with van der Waals surface area (Å²) in [5, 5.41) is 18.0. The van der Waals surface area contributed by atoms with E-state index in [9.17, 15) is 5.11 Å². The highest BCUT2D eigenvalue weighted by atomic mass is 35.5. The zero-order valence-corrected chi connectivity index (χ0v) is 26.2. The van der Waals surface area contributed by atoms with Crippen LogP contribution in [0.1, 0.15) is 46.1 Å². The lowest BCUT2D eigenvalue weighted by Crippen LogP contribution is -2.42. The van der Waals surface area contributed by atoms with Crippen LogP contribution in [0.4, 0.5) is 0 Å². The van der Waals surface area contributed by atoms with Crippen LogP contribution in [0.25, 0.3) is 6.08 Å². The number of nitrogens with two attached hydrogens (primary N) is 1. The van der Waals surface area contributed by atoms with Crippen LogP contribution in [0.15, 0.2) is 69.1 Å². The molecule has 5 N–H and O–H groups in total. The maximum absolute atomic E-state index is 10.7. The number of aliphatic hydroxyl groups excluding tert-OH is 1. The van der Waals surface area contributed by atoms with Crippen molar-refractivity contribution in [2.24, 2.45) is 32.5 Å². The van der Waals surface area contributed by atoms with Crippen molar-refractivity contribution in [1.29, 1.82) is 0 Å². The van der Waals surface area contributed by atoms with E-state index in [1.165, 1.54) is 0 Å². The number of aliphatic imine (C=N–C) groups is 3. The Bertz CT molecular complexity index is 1170. The van der Waals surface area contributed by atoms with Gasteiger partial charge in [0.05, 0.1) is 32.5 Å². The van der Waals surface area contributed by atoms with E-state index >= 15 is 0 Å². The van der Waals surface area contributed by atoms with Gasteiger partial charge in [-0.15, -0.1) is 0 Å². The van der Waals surface area contributed by atoms with Gasteiger partial charge < -0.3 is 20.9 Å². The molecule has 1 fully saturated rings. The van der Waals surface area contributed by atoms with Gasteiger partial charge >= 0.3 is 0 Å². The molecule has 1 saturated heterocycles. The Morgan fingerprint density at radius 1 is 1.31 bits per heavy atom. The number of guanidine groups is 1. The number of nitrogens with zero attached hydrogens (tertiary/aromatic N) is 4. The molecule has 0 saturated carbocycles. The molecule has 2 aliphatic rings. The average Bonchev–Trinajstić information content (AvgIpc) is 3.14. The number of β-amino-alcohol motifs (C(OH)–C–C–N with tert-alkyl or cyclic N) is 1. The molecule has 3 rings (SSSR count). The largest absolute Gasteiger partial charge is 0.390 e. The number of ether oxygens (including phenoxy) is 1. The van der Waals surface area contributed by atoms with Crippen molar-refractivity contribution in [3.05, 3.63) is 64.7 Å². The van der Waals surface area contributed by atoms with Gasteiger partial charge in [0.15, 0.2) is 5.84 Å². The first-order valence-corrected chi connectivity index (χ1v) is 15.3. The Morgan fingerprint density at radius 3 is 2.83 bits per heavy atom. The molecule has 2 heterocycles. The van der Waals surface area contributed by atoms with Crippen molar-refractivity contribution in [3.8, 4) is 0 Å². The lowest BCUT2D eigenvalue weighted by molar-refractivity contribution is 0.0165. The van der Waals surface area contributed by atoms with Gasteiger partial charge in [0, 0.05) is 37.1 Å². The van der Waals surface area contributed by atoms with Crippen LogP contribution in [0, 0.1) is 11.8 Å². The molecule has 0 bridgehead atoms. The topological polar surface area (TPSA) is 120 Å². The summed E-state index contributed by atoms with van der Waals surface area (Å²) >= 11 is 6.14. The second-order valence-corrected chi connectivity index (χ2v) is 11.4. The van der Waals surface area contributed by atoms with Gasteiger partial charge in [0.1, 0.15) is 5.84 Å². The second-order valence-electron chi connectivity index (χ2n) is 11.0. The van der Waals surface area contributed by atoms with E-state index < -0.39 is 6.10 Å². The molecule has 10 heteroatoms. The number of amidine groups is 2. The van der Waals surface area contributed by atoms with Crippen LogP contribution >= 0.6 is 11.6 Å². The maximum atomic E-state index is 10.7. The maximum Gasteiger partial charge on any atom is 0.200 e. The monoisotopic (exact) mass is 597 g/mol. The average molecular weight is 598 g/mol. The predicted molar refractivity (Wildman–Crippen MR) is 176 cm³/mol. The highest BCUT2D eigenvalue weighted by Crippen LogP contribution is 2.21. The standard InChI is InChI=1S/C32H48ClN7O2/c1-5-7-27-19-31(37-22-36-25(27)4)39-32(34)38-30(35-20-29(41)21-40-14-16-42-17-15-40)13-11-24(3)23(2)10-12-26-8-6-9-28(33)18-26/h5-10,12,18-19,23-25,29,36,41H,11,13-17,20-22H2,1-4H3,(H3,34,35,37,38,39). The molecular formula is C32H48ClN7O2. The predicted octanol–water partition coefficient (Wildman–Crippen LogP) is 4.25. The molecule has 4 atom stereocenters. The summed E-state index contributed by atoms with van der Waals surface area (Å²) in [5.74, 6) is 2.20. The van der Waals surface area contributed by atoms with Crippen LogP contribution in [0.3, 0.4) is 0 Å². The third-order valence-electron chi connectivity index (χ3n) is 7.54. The van der Waals surface area contributed by atoms with Crippen LogP contribution in [0.5, 0.6) is 0 Å². The summed E-state index contributed by atoms with van der Waals surface area (Å²) in [7, 11) is 0. The lowest BCUT2D eigenvalue weighted by atomic mass is 9.90. The summed E-state index contributed by atoms with van der Waals surface area (Å²) in [6, 6.07) is 8.00. The third kappa shape index (κ3) is 12.2. The van der Waals surface area contributed by atoms with Crippen LogP contribution in [0.2, 0.25) is 5.02 Å². The summed E-state index contributed by atoms with van der Waals surface area (Å²) in [4.78, 5) is 16.0. The fourth-order valence-corrected chi connectivity index (χ4v) is 4.88. The SMILES string of the molecule is CC=CC1=CC(N=C(N)NC(CCC(C)C(C)C=Cc2cccc(Cl)c2)=NCC(O)CN2CCOCC2)=NCNC1C. The van der Waals surface area contributed by atoms with Crippen molar-refractivity contribution in [2.45, 2.75) is 52.7 Å². The van der Waals surface area contributed by atoms with E-state index in [1.807, 2.05) is 49.4 Å². The first kappa shape index (κ1) is 33.7. The van der Waals surface area contributed by atoms with Crippen LogP contribution in [-0.4, -0.2) is 85.8 Å². The van der Waals surface area contributed by atoms with Gasteiger partial charge in [-0.1, -0.05) is 61.9 Å². The van der Waals surface area contributed by atoms with Crippen molar-refractivity contribution in [2.75, 3.05) is 46.1 Å². The van der Waals surface area contributed by atoms with Crippen LogP contribution in [-0.2, 0) is 4.74 Å². The first-order chi connectivity index (χ1) is 20.2. The van der Waals surface area contributed by atoms with Gasteiger partial charge in [-0.05, 0) is 61.4 Å². The number of morpholine rings is 1. The fourth-order valence-electron chi connectivity index (χ4n) is 4.68. The van der Waals surface area contributed by atoms with E-state index in [0.29, 0.717) is 56.4 Å². The van der Waals surface area contributed by atoms with Gasteiger partial charge in [0.25, 0.3) is 0 Å². The van der Waals surface area contributed by atoms with Gasteiger partial charge in [-0.2, -0.15) is 4.99 Å². The van der Waals surface area contributed by atoms with Gasteiger partial charge in [-0.3, -0.25) is 20.2 Å². The third-order valence-corrected chi connectivity index (χ3v) is 7.78. The Hall–Kier alpha value is -2.82. The minimum Gasteiger partial charge on any atom is -0.390 e. The van der Waals surface area contributed by atoms with Gasteiger partial charge in [-0.25, -0.2) is 0 Å². The normalized spacial score (nSPS) is 21.6. The van der Waals surface area contributed by atoms with E-state index in [2.05, 4.69) is 58.4 Å². The molecule has 0 aliphatic carbocycles. The van der Waals surface area contributed by atoms with E-state index in [1.54, 1.807) is 0 Å². The first-order valence-electron chi connectivity index (χ1n) is 14.9. The molecular weight excluding hydrogens is 550 g/mol. The molecule has 2 aliphatic heterocycles. The van der Waals surface area contributed by atoms with E-state index in [-0.39, 0.29) is 18.5 Å². The number of aliphatic hydroxyl groups is 1. The molecule has 0 radical (unpaired) electrons. The number of rotatable bonds is 11. The molecule has 0 spiro atoms. The molecule has 1 aromatic carbocycles. The Morgan fingerprint density at radius 2 is 2.10 bits per heavy atom. The number of hydrogen-bond acceptors (Lipinski definition) is 7. The van der Waals surface area contributed by atoms with Crippen molar-refractivity contribution in [1.82, 2.24) is 15.5 Å². The van der Waals surface area contributed by atoms with Crippen molar-refractivity contribution in [3.63, 3.8) is 0 Å². The lowest BCUT2D eigenvalue weighted by Gasteiger charge is -2.28. The summed E-state index contributed by atoms with van der Waals surface area (Å²) in [6.07, 6.45) is 11.3.